The van der Waals surface area contributed by atoms with Crippen LogP contribution in [0.25, 0.3) is 0 Å². The monoisotopic (exact) mass is 297 g/mol. The van der Waals surface area contributed by atoms with Crippen LogP contribution in [0.15, 0.2) is 36.4 Å². The van der Waals surface area contributed by atoms with Crippen LogP contribution in [0.5, 0.6) is 11.5 Å². The maximum Gasteiger partial charge on any atom is 0.161 e. The minimum atomic E-state index is 0.240. The molecule has 0 spiro atoms. The van der Waals surface area contributed by atoms with Gasteiger partial charge in [0.2, 0.25) is 0 Å². The Balaban J connectivity index is 2.12. The molecule has 1 aromatic heterocycles. The first kappa shape index (κ1) is 14.0. The first-order chi connectivity index (χ1) is 9.20. The van der Waals surface area contributed by atoms with Gasteiger partial charge in [0.25, 0.3) is 0 Å². The lowest BCUT2D eigenvalue weighted by atomic mass is 10.3. The highest BCUT2D eigenvalue weighted by Gasteiger charge is 2.07. The highest BCUT2D eigenvalue weighted by molar-refractivity contribution is 6.32. The lowest BCUT2D eigenvalue weighted by Crippen LogP contribution is -2.01. The predicted octanol–water partition coefficient (Wildman–Crippen LogP) is 4.37. The standard InChI is InChI=1S/C14H13Cl2NO2/c1-2-18-12-5-3-4-6-13(12)19-9-11-10(15)7-8-14(16)17-11/h3-8H,2,9H2,1H3. The van der Waals surface area contributed by atoms with Crippen LogP contribution in [0, 0.1) is 0 Å². The topological polar surface area (TPSA) is 31.4 Å². The molecule has 2 aromatic rings. The third-order valence-corrected chi connectivity index (χ3v) is 2.95. The van der Waals surface area contributed by atoms with Gasteiger partial charge in [-0.05, 0) is 31.2 Å². The fourth-order valence-corrected chi connectivity index (χ4v) is 1.87. The third-order valence-electron chi connectivity index (χ3n) is 2.40. The Morgan fingerprint density at radius 3 is 2.37 bits per heavy atom. The van der Waals surface area contributed by atoms with Crippen LogP contribution >= 0.6 is 23.2 Å². The highest BCUT2D eigenvalue weighted by Crippen LogP contribution is 2.28. The molecule has 100 valence electrons. The molecule has 0 saturated carbocycles. The molecule has 2 rings (SSSR count). The van der Waals surface area contributed by atoms with Crippen molar-refractivity contribution in [3.63, 3.8) is 0 Å². The molecule has 3 nitrogen and oxygen atoms in total. The smallest absolute Gasteiger partial charge is 0.161 e. The van der Waals surface area contributed by atoms with Gasteiger partial charge in [0, 0.05) is 0 Å². The Labute approximate surface area is 122 Å². The van der Waals surface area contributed by atoms with Crippen molar-refractivity contribution in [2.75, 3.05) is 6.61 Å². The summed E-state index contributed by atoms with van der Waals surface area (Å²) in [6, 6.07) is 10.8. The van der Waals surface area contributed by atoms with E-state index in [4.69, 9.17) is 32.7 Å². The van der Waals surface area contributed by atoms with Crippen LogP contribution in [0.4, 0.5) is 0 Å². The number of benzene rings is 1. The van der Waals surface area contributed by atoms with Gasteiger partial charge in [-0.15, -0.1) is 0 Å². The van der Waals surface area contributed by atoms with Crippen molar-refractivity contribution in [1.82, 2.24) is 4.98 Å². The Morgan fingerprint density at radius 1 is 1.00 bits per heavy atom. The summed E-state index contributed by atoms with van der Waals surface area (Å²) >= 11 is 11.9. The molecular weight excluding hydrogens is 285 g/mol. The number of hydrogen-bond donors (Lipinski definition) is 0. The molecule has 0 radical (unpaired) electrons. The Morgan fingerprint density at radius 2 is 1.68 bits per heavy atom. The van der Waals surface area contributed by atoms with E-state index >= 15 is 0 Å². The molecule has 0 unspecified atom stereocenters. The normalized spacial score (nSPS) is 10.3. The van der Waals surface area contributed by atoms with Crippen LogP contribution in [0.3, 0.4) is 0 Å². The van der Waals surface area contributed by atoms with Gasteiger partial charge in [0.1, 0.15) is 11.8 Å². The van der Waals surface area contributed by atoms with Gasteiger partial charge in [-0.25, -0.2) is 4.98 Å². The molecular formula is C14H13Cl2NO2. The Kier molecular flexibility index (Phi) is 4.88. The number of nitrogens with zero attached hydrogens (tertiary/aromatic N) is 1. The second-order valence-electron chi connectivity index (χ2n) is 3.73. The number of ether oxygens (including phenoxy) is 2. The predicted molar refractivity (Wildman–Crippen MR) is 76.2 cm³/mol. The summed E-state index contributed by atoms with van der Waals surface area (Å²) < 4.78 is 11.2. The van der Waals surface area contributed by atoms with Gasteiger partial charge in [0.05, 0.1) is 17.3 Å². The molecule has 0 aliphatic heterocycles. The van der Waals surface area contributed by atoms with E-state index in [2.05, 4.69) is 4.98 Å². The van der Waals surface area contributed by atoms with Crippen LogP contribution in [0.2, 0.25) is 10.2 Å². The van der Waals surface area contributed by atoms with Gasteiger partial charge < -0.3 is 9.47 Å². The molecule has 0 aliphatic carbocycles. The minimum absolute atomic E-state index is 0.240. The molecule has 0 aliphatic rings. The van der Waals surface area contributed by atoms with Crippen molar-refractivity contribution < 1.29 is 9.47 Å². The molecule has 0 saturated heterocycles. The average molecular weight is 298 g/mol. The first-order valence-corrected chi connectivity index (χ1v) is 6.62. The summed E-state index contributed by atoms with van der Waals surface area (Å²) in [5.74, 6) is 1.35. The van der Waals surface area contributed by atoms with Crippen molar-refractivity contribution >= 4 is 23.2 Å². The lowest BCUT2D eigenvalue weighted by molar-refractivity contribution is 0.266. The zero-order valence-corrected chi connectivity index (χ0v) is 11.9. The van der Waals surface area contributed by atoms with Crippen molar-refractivity contribution in [3.05, 3.63) is 52.3 Å². The van der Waals surface area contributed by atoms with E-state index in [0.29, 0.717) is 34.0 Å². The molecule has 1 aromatic carbocycles. The fraction of sp³-hybridized carbons (Fsp3) is 0.214. The zero-order chi connectivity index (χ0) is 13.7. The molecule has 0 N–H and O–H groups in total. The van der Waals surface area contributed by atoms with Crippen molar-refractivity contribution in [2.45, 2.75) is 13.5 Å². The number of para-hydroxylation sites is 2. The van der Waals surface area contributed by atoms with Crippen LogP contribution in [-0.2, 0) is 6.61 Å². The summed E-state index contributed by atoms with van der Waals surface area (Å²) in [6.45, 7) is 2.74. The van der Waals surface area contributed by atoms with Crippen molar-refractivity contribution in [2.24, 2.45) is 0 Å². The summed E-state index contributed by atoms with van der Waals surface area (Å²) in [6.07, 6.45) is 0. The SMILES string of the molecule is CCOc1ccccc1OCc1nc(Cl)ccc1Cl. The van der Waals surface area contributed by atoms with E-state index in [1.807, 2.05) is 31.2 Å². The Bertz CT molecular complexity index is 561. The van der Waals surface area contributed by atoms with E-state index < -0.39 is 0 Å². The van der Waals surface area contributed by atoms with E-state index in [0.717, 1.165) is 0 Å². The molecule has 0 amide bonds. The number of aromatic nitrogens is 1. The van der Waals surface area contributed by atoms with Crippen LogP contribution in [0.1, 0.15) is 12.6 Å². The molecule has 1 heterocycles. The van der Waals surface area contributed by atoms with Gasteiger partial charge in [0.15, 0.2) is 11.5 Å². The number of halogens is 2. The molecule has 0 fully saturated rings. The zero-order valence-electron chi connectivity index (χ0n) is 10.4. The first-order valence-electron chi connectivity index (χ1n) is 5.86. The van der Waals surface area contributed by atoms with Crippen molar-refractivity contribution in [1.29, 1.82) is 0 Å². The van der Waals surface area contributed by atoms with Gasteiger partial charge >= 0.3 is 0 Å². The Hall–Kier alpha value is -1.45. The lowest BCUT2D eigenvalue weighted by Gasteiger charge is -2.11. The number of pyridine rings is 1. The quantitative estimate of drug-likeness (QED) is 0.768. The third kappa shape index (κ3) is 3.75. The summed E-state index contributed by atoms with van der Waals surface area (Å²) in [7, 11) is 0. The minimum Gasteiger partial charge on any atom is -0.490 e. The van der Waals surface area contributed by atoms with E-state index in [-0.39, 0.29) is 6.61 Å². The van der Waals surface area contributed by atoms with Crippen LogP contribution in [-0.4, -0.2) is 11.6 Å². The molecule has 0 atom stereocenters. The maximum absolute atomic E-state index is 6.03. The number of hydrogen-bond acceptors (Lipinski definition) is 3. The molecule has 0 bridgehead atoms. The summed E-state index contributed by atoms with van der Waals surface area (Å²) in [5.41, 5.74) is 0.598. The van der Waals surface area contributed by atoms with Gasteiger partial charge in [-0.3, -0.25) is 0 Å². The van der Waals surface area contributed by atoms with Gasteiger partial charge in [-0.1, -0.05) is 35.3 Å². The second-order valence-corrected chi connectivity index (χ2v) is 4.53. The largest absolute Gasteiger partial charge is 0.490 e. The summed E-state index contributed by atoms with van der Waals surface area (Å²) in [4.78, 5) is 4.13. The van der Waals surface area contributed by atoms with E-state index in [1.54, 1.807) is 12.1 Å². The van der Waals surface area contributed by atoms with Gasteiger partial charge in [-0.2, -0.15) is 0 Å². The number of rotatable bonds is 5. The molecule has 19 heavy (non-hydrogen) atoms. The average Bonchev–Trinajstić information content (AvgIpc) is 2.42. The second kappa shape index (κ2) is 6.64. The van der Waals surface area contributed by atoms with E-state index in [9.17, 15) is 0 Å². The fourth-order valence-electron chi connectivity index (χ4n) is 1.55. The van der Waals surface area contributed by atoms with Crippen molar-refractivity contribution in [3.8, 4) is 11.5 Å². The maximum atomic E-state index is 6.03. The summed E-state index contributed by atoms with van der Waals surface area (Å²) in [5, 5.41) is 0.916. The molecule has 5 heteroatoms. The van der Waals surface area contributed by atoms with Crippen LogP contribution < -0.4 is 9.47 Å². The highest BCUT2D eigenvalue weighted by atomic mass is 35.5. The van der Waals surface area contributed by atoms with E-state index in [1.165, 1.54) is 0 Å².